The molecule has 0 aliphatic rings. The molecule has 1 aromatic heterocycles. The van der Waals surface area contributed by atoms with Crippen molar-refractivity contribution < 1.29 is 4.79 Å². The molecule has 0 aliphatic carbocycles. The Labute approximate surface area is 119 Å². The third-order valence-corrected chi connectivity index (χ3v) is 3.06. The van der Waals surface area contributed by atoms with Crippen LogP contribution in [0, 0.1) is 6.92 Å². The number of aromatic nitrogens is 1. The molecule has 1 aromatic carbocycles. The van der Waals surface area contributed by atoms with Crippen LogP contribution in [0.25, 0.3) is 0 Å². The first-order valence-electron chi connectivity index (χ1n) is 6.66. The van der Waals surface area contributed by atoms with E-state index < -0.39 is 0 Å². The summed E-state index contributed by atoms with van der Waals surface area (Å²) in [5, 5.41) is 5.99. The summed E-state index contributed by atoms with van der Waals surface area (Å²) in [5.41, 5.74) is 3.91. The predicted octanol–water partition coefficient (Wildman–Crippen LogP) is 2.40. The molecule has 0 saturated heterocycles. The number of amides is 1. The molecule has 0 radical (unpaired) electrons. The van der Waals surface area contributed by atoms with E-state index in [0.29, 0.717) is 5.56 Å². The van der Waals surface area contributed by atoms with Gasteiger partial charge in [0.05, 0.1) is 0 Å². The minimum Gasteiger partial charge on any atom is -0.385 e. The van der Waals surface area contributed by atoms with Crippen molar-refractivity contribution >= 4 is 11.6 Å². The standard InChI is InChI=1S/C16H19N3O/c1-12-10-15(7-9-18-12)19-8-6-13-4-3-5-14(11-13)16(20)17-2/h3-5,7,9-11H,6,8H2,1-2H3,(H,17,20)(H,18,19). The number of benzene rings is 1. The minimum absolute atomic E-state index is 0.0513. The van der Waals surface area contributed by atoms with Crippen molar-refractivity contribution in [1.82, 2.24) is 10.3 Å². The fourth-order valence-electron chi connectivity index (χ4n) is 2.02. The van der Waals surface area contributed by atoms with Crippen LogP contribution in [0.4, 0.5) is 5.69 Å². The van der Waals surface area contributed by atoms with Gasteiger partial charge in [-0.05, 0) is 43.2 Å². The fraction of sp³-hybridized carbons (Fsp3) is 0.250. The number of hydrogen-bond donors (Lipinski definition) is 2. The minimum atomic E-state index is -0.0513. The first-order chi connectivity index (χ1) is 9.69. The Morgan fingerprint density at radius 1 is 1.25 bits per heavy atom. The Bertz CT molecular complexity index is 596. The van der Waals surface area contributed by atoms with Crippen LogP contribution in [0.15, 0.2) is 42.6 Å². The van der Waals surface area contributed by atoms with E-state index in [9.17, 15) is 4.79 Å². The zero-order chi connectivity index (χ0) is 14.4. The number of carbonyl (C=O) groups is 1. The summed E-state index contributed by atoms with van der Waals surface area (Å²) in [6.45, 7) is 2.79. The van der Waals surface area contributed by atoms with Gasteiger partial charge >= 0.3 is 0 Å². The van der Waals surface area contributed by atoms with Crippen molar-refractivity contribution in [1.29, 1.82) is 0 Å². The molecular formula is C16H19N3O. The van der Waals surface area contributed by atoms with Crippen LogP contribution < -0.4 is 10.6 Å². The Balaban J connectivity index is 1.92. The third-order valence-electron chi connectivity index (χ3n) is 3.06. The first-order valence-corrected chi connectivity index (χ1v) is 6.66. The zero-order valence-corrected chi connectivity index (χ0v) is 11.8. The van der Waals surface area contributed by atoms with E-state index in [4.69, 9.17) is 0 Å². The summed E-state index contributed by atoms with van der Waals surface area (Å²) in [6.07, 6.45) is 2.66. The summed E-state index contributed by atoms with van der Waals surface area (Å²) in [4.78, 5) is 15.7. The normalized spacial score (nSPS) is 10.1. The van der Waals surface area contributed by atoms with E-state index >= 15 is 0 Å². The molecule has 0 atom stereocenters. The monoisotopic (exact) mass is 269 g/mol. The molecule has 0 bridgehead atoms. The molecule has 0 fully saturated rings. The molecule has 0 aliphatic heterocycles. The van der Waals surface area contributed by atoms with Gasteiger partial charge in [-0.15, -0.1) is 0 Å². The number of nitrogens with one attached hydrogen (secondary N) is 2. The van der Waals surface area contributed by atoms with Crippen molar-refractivity contribution in [3.63, 3.8) is 0 Å². The van der Waals surface area contributed by atoms with Crippen molar-refractivity contribution in [2.75, 3.05) is 18.9 Å². The van der Waals surface area contributed by atoms with Gasteiger partial charge in [0.25, 0.3) is 5.91 Å². The topological polar surface area (TPSA) is 54.0 Å². The Morgan fingerprint density at radius 2 is 2.10 bits per heavy atom. The highest BCUT2D eigenvalue weighted by Gasteiger charge is 2.03. The summed E-state index contributed by atoms with van der Waals surface area (Å²) < 4.78 is 0. The summed E-state index contributed by atoms with van der Waals surface area (Å²) in [5.74, 6) is -0.0513. The van der Waals surface area contributed by atoms with Crippen molar-refractivity contribution in [3.05, 3.63) is 59.4 Å². The van der Waals surface area contributed by atoms with Crippen LogP contribution in [-0.2, 0) is 6.42 Å². The number of aryl methyl sites for hydroxylation is 1. The van der Waals surface area contributed by atoms with E-state index in [0.717, 1.165) is 29.9 Å². The number of carbonyl (C=O) groups excluding carboxylic acids is 1. The van der Waals surface area contributed by atoms with Crippen molar-refractivity contribution in [3.8, 4) is 0 Å². The lowest BCUT2D eigenvalue weighted by molar-refractivity contribution is 0.0963. The van der Waals surface area contributed by atoms with Crippen LogP contribution in [0.1, 0.15) is 21.6 Å². The van der Waals surface area contributed by atoms with Crippen LogP contribution in [0.3, 0.4) is 0 Å². The second-order valence-electron chi connectivity index (χ2n) is 4.64. The number of pyridine rings is 1. The summed E-state index contributed by atoms with van der Waals surface area (Å²) in [7, 11) is 1.64. The molecule has 0 unspecified atom stereocenters. The second-order valence-corrected chi connectivity index (χ2v) is 4.64. The van der Waals surface area contributed by atoms with E-state index in [-0.39, 0.29) is 5.91 Å². The lowest BCUT2D eigenvalue weighted by Crippen LogP contribution is -2.18. The van der Waals surface area contributed by atoms with Crippen LogP contribution >= 0.6 is 0 Å². The largest absolute Gasteiger partial charge is 0.385 e. The molecule has 104 valence electrons. The fourth-order valence-corrected chi connectivity index (χ4v) is 2.02. The van der Waals surface area contributed by atoms with E-state index in [1.807, 2.05) is 43.3 Å². The van der Waals surface area contributed by atoms with Gasteiger partial charge in [-0.3, -0.25) is 9.78 Å². The van der Waals surface area contributed by atoms with Gasteiger partial charge in [-0.2, -0.15) is 0 Å². The molecule has 2 rings (SSSR count). The second kappa shape index (κ2) is 6.70. The average Bonchev–Trinajstić information content (AvgIpc) is 2.47. The third kappa shape index (κ3) is 3.82. The summed E-state index contributed by atoms with van der Waals surface area (Å²) in [6, 6.07) is 11.7. The van der Waals surface area contributed by atoms with Gasteiger partial charge in [0, 0.05) is 36.7 Å². The van der Waals surface area contributed by atoms with Gasteiger partial charge in [0.1, 0.15) is 0 Å². The zero-order valence-electron chi connectivity index (χ0n) is 11.8. The summed E-state index contributed by atoms with van der Waals surface area (Å²) >= 11 is 0. The highest BCUT2D eigenvalue weighted by molar-refractivity contribution is 5.94. The van der Waals surface area contributed by atoms with E-state index in [2.05, 4.69) is 15.6 Å². The Hall–Kier alpha value is -2.36. The molecule has 4 heteroatoms. The SMILES string of the molecule is CNC(=O)c1cccc(CCNc2ccnc(C)c2)c1. The molecule has 1 heterocycles. The quantitative estimate of drug-likeness (QED) is 0.876. The molecule has 20 heavy (non-hydrogen) atoms. The van der Waals surface area contributed by atoms with Crippen molar-refractivity contribution in [2.45, 2.75) is 13.3 Å². The predicted molar refractivity (Wildman–Crippen MR) is 81.0 cm³/mol. The van der Waals surface area contributed by atoms with Crippen molar-refractivity contribution in [2.24, 2.45) is 0 Å². The van der Waals surface area contributed by atoms with Gasteiger partial charge in [-0.1, -0.05) is 12.1 Å². The smallest absolute Gasteiger partial charge is 0.251 e. The van der Waals surface area contributed by atoms with Gasteiger partial charge < -0.3 is 10.6 Å². The highest BCUT2D eigenvalue weighted by atomic mass is 16.1. The number of hydrogen-bond acceptors (Lipinski definition) is 3. The first kappa shape index (κ1) is 14.1. The maximum atomic E-state index is 11.6. The van der Waals surface area contributed by atoms with Gasteiger partial charge in [-0.25, -0.2) is 0 Å². The van der Waals surface area contributed by atoms with Gasteiger partial charge in [0.2, 0.25) is 0 Å². The van der Waals surface area contributed by atoms with Crippen LogP contribution in [-0.4, -0.2) is 24.5 Å². The average molecular weight is 269 g/mol. The number of anilines is 1. The molecule has 4 nitrogen and oxygen atoms in total. The maximum absolute atomic E-state index is 11.6. The Kier molecular flexibility index (Phi) is 4.71. The number of nitrogens with zero attached hydrogens (tertiary/aromatic N) is 1. The van der Waals surface area contributed by atoms with Crippen LogP contribution in [0.5, 0.6) is 0 Å². The van der Waals surface area contributed by atoms with Gasteiger partial charge in [0.15, 0.2) is 0 Å². The molecule has 0 saturated carbocycles. The van der Waals surface area contributed by atoms with E-state index in [1.54, 1.807) is 13.2 Å². The molecule has 2 N–H and O–H groups in total. The number of rotatable bonds is 5. The molecular weight excluding hydrogens is 250 g/mol. The molecule has 0 spiro atoms. The Morgan fingerprint density at radius 3 is 2.85 bits per heavy atom. The van der Waals surface area contributed by atoms with E-state index in [1.165, 1.54) is 0 Å². The van der Waals surface area contributed by atoms with Crippen LogP contribution in [0.2, 0.25) is 0 Å². The molecule has 2 aromatic rings. The lowest BCUT2D eigenvalue weighted by atomic mass is 10.1. The highest BCUT2D eigenvalue weighted by Crippen LogP contribution is 2.09. The lowest BCUT2D eigenvalue weighted by Gasteiger charge is -2.08. The molecule has 1 amide bonds. The maximum Gasteiger partial charge on any atom is 0.251 e.